The highest BCUT2D eigenvalue weighted by molar-refractivity contribution is 5.74. The fourth-order valence-corrected chi connectivity index (χ4v) is 1.43. The number of carboxylic acids is 1. The van der Waals surface area contributed by atoms with Gasteiger partial charge in [0.2, 0.25) is 0 Å². The Kier molecular flexibility index (Phi) is 4.90. The number of hydrogen-bond acceptors (Lipinski definition) is 2. The largest absolute Gasteiger partial charge is 0.481 e. The van der Waals surface area contributed by atoms with Crippen molar-refractivity contribution in [3.63, 3.8) is 0 Å². The number of aliphatic hydroxyl groups excluding tert-OH is 1. The number of aliphatic hydroxyl groups is 1. The van der Waals surface area contributed by atoms with Crippen LogP contribution >= 0.6 is 0 Å². The first-order valence-corrected chi connectivity index (χ1v) is 4.47. The van der Waals surface area contributed by atoms with Crippen LogP contribution in [0.5, 0.6) is 0 Å². The maximum absolute atomic E-state index is 10.9. The van der Waals surface area contributed by atoms with Crippen LogP contribution in [0.2, 0.25) is 0 Å². The first-order chi connectivity index (χ1) is 5.63. The number of carbonyl (C=O) groups is 1. The lowest BCUT2D eigenvalue weighted by Gasteiger charge is -2.26. The van der Waals surface area contributed by atoms with Crippen molar-refractivity contribution < 1.29 is 15.0 Å². The van der Waals surface area contributed by atoms with Gasteiger partial charge in [0.15, 0.2) is 0 Å². The summed E-state index contributed by atoms with van der Waals surface area (Å²) in [4.78, 5) is 10.9. The highest BCUT2D eigenvalue weighted by atomic mass is 16.4. The molecule has 0 aliphatic heterocycles. The van der Waals surface area contributed by atoms with Crippen molar-refractivity contribution in [3.8, 4) is 0 Å². The Hall–Kier alpha value is -0.570. The van der Waals surface area contributed by atoms with E-state index in [4.69, 9.17) is 10.2 Å². The van der Waals surface area contributed by atoms with Crippen molar-refractivity contribution in [3.05, 3.63) is 0 Å². The molecule has 3 heteroatoms. The Labute approximate surface area is 73.4 Å². The van der Waals surface area contributed by atoms with E-state index >= 15 is 0 Å². The summed E-state index contributed by atoms with van der Waals surface area (Å²) in [7, 11) is 0. The molecule has 0 saturated carbocycles. The highest BCUT2D eigenvalue weighted by Gasteiger charge is 2.33. The maximum Gasteiger partial charge on any atom is 0.309 e. The molecule has 0 aliphatic rings. The SMILES string of the molecule is CCC(CC)(CCCO)C(=O)O. The van der Waals surface area contributed by atoms with Gasteiger partial charge in [-0.1, -0.05) is 13.8 Å². The van der Waals surface area contributed by atoms with E-state index in [1.54, 1.807) is 0 Å². The molecule has 0 amide bonds. The maximum atomic E-state index is 10.9. The van der Waals surface area contributed by atoms with Gasteiger partial charge in [-0.25, -0.2) is 0 Å². The van der Waals surface area contributed by atoms with Crippen LogP contribution in [0.1, 0.15) is 39.5 Å². The number of rotatable bonds is 6. The molecule has 0 aromatic carbocycles. The summed E-state index contributed by atoms with van der Waals surface area (Å²) < 4.78 is 0. The molecule has 0 aliphatic carbocycles. The van der Waals surface area contributed by atoms with E-state index in [2.05, 4.69) is 0 Å². The lowest BCUT2D eigenvalue weighted by atomic mass is 9.78. The molecule has 0 radical (unpaired) electrons. The van der Waals surface area contributed by atoms with Crippen molar-refractivity contribution in [1.29, 1.82) is 0 Å². The van der Waals surface area contributed by atoms with E-state index in [-0.39, 0.29) is 6.61 Å². The smallest absolute Gasteiger partial charge is 0.309 e. The van der Waals surface area contributed by atoms with Crippen LogP contribution in [0.3, 0.4) is 0 Å². The summed E-state index contributed by atoms with van der Waals surface area (Å²) in [6, 6.07) is 0. The quantitative estimate of drug-likeness (QED) is 0.643. The van der Waals surface area contributed by atoms with E-state index in [0.717, 1.165) is 0 Å². The third-order valence-electron chi connectivity index (χ3n) is 2.62. The second-order valence-electron chi connectivity index (χ2n) is 3.12. The zero-order chi connectivity index (χ0) is 9.61. The summed E-state index contributed by atoms with van der Waals surface area (Å²) in [6.45, 7) is 3.85. The van der Waals surface area contributed by atoms with Crippen LogP contribution in [-0.2, 0) is 4.79 Å². The average Bonchev–Trinajstić information content (AvgIpc) is 2.07. The molecular weight excluding hydrogens is 156 g/mol. The molecule has 0 fully saturated rings. The van der Waals surface area contributed by atoms with Crippen molar-refractivity contribution in [1.82, 2.24) is 0 Å². The molecule has 0 rings (SSSR count). The van der Waals surface area contributed by atoms with Crippen molar-refractivity contribution in [2.45, 2.75) is 39.5 Å². The van der Waals surface area contributed by atoms with Gasteiger partial charge in [-0.15, -0.1) is 0 Å². The molecule has 0 atom stereocenters. The summed E-state index contributed by atoms with van der Waals surface area (Å²) in [5, 5.41) is 17.6. The van der Waals surface area contributed by atoms with Crippen molar-refractivity contribution >= 4 is 5.97 Å². The van der Waals surface area contributed by atoms with E-state index in [0.29, 0.717) is 25.7 Å². The van der Waals surface area contributed by atoms with Crippen LogP contribution in [0.4, 0.5) is 0 Å². The van der Waals surface area contributed by atoms with Gasteiger partial charge in [-0.2, -0.15) is 0 Å². The minimum absolute atomic E-state index is 0.0784. The normalized spacial score (nSPS) is 11.6. The van der Waals surface area contributed by atoms with Crippen molar-refractivity contribution in [2.24, 2.45) is 5.41 Å². The van der Waals surface area contributed by atoms with Gasteiger partial charge in [0, 0.05) is 6.61 Å². The highest BCUT2D eigenvalue weighted by Crippen LogP contribution is 2.31. The first-order valence-electron chi connectivity index (χ1n) is 4.47. The molecule has 3 nitrogen and oxygen atoms in total. The lowest BCUT2D eigenvalue weighted by Crippen LogP contribution is -2.29. The summed E-state index contributed by atoms with van der Waals surface area (Å²) in [5.74, 6) is -0.735. The van der Waals surface area contributed by atoms with Crippen LogP contribution in [0, 0.1) is 5.41 Å². The standard InChI is InChI=1S/C9H18O3/c1-3-9(4-2,8(11)12)6-5-7-10/h10H,3-7H2,1-2H3,(H,11,12). The predicted octanol–water partition coefficient (Wildman–Crippen LogP) is 1.65. The second kappa shape index (κ2) is 5.14. The second-order valence-corrected chi connectivity index (χ2v) is 3.12. The molecular formula is C9H18O3. The molecule has 72 valence electrons. The van der Waals surface area contributed by atoms with E-state index in [9.17, 15) is 4.79 Å². The molecule has 2 N–H and O–H groups in total. The molecule has 0 aromatic heterocycles. The fourth-order valence-electron chi connectivity index (χ4n) is 1.43. The molecule has 0 heterocycles. The van der Waals surface area contributed by atoms with E-state index in [1.807, 2.05) is 13.8 Å². The van der Waals surface area contributed by atoms with E-state index in [1.165, 1.54) is 0 Å². The van der Waals surface area contributed by atoms with Gasteiger partial charge in [-0.05, 0) is 25.7 Å². The van der Waals surface area contributed by atoms with Crippen molar-refractivity contribution in [2.75, 3.05) is 6.61 Å². The minimum Gasteiger partial charge on any atom is -0.481 e. The zero-order valence-corrected chi connectivity index (χ0v) is 7.84. The monoisotopic (exact) mass is 174 g/mol. The predicted molar refractivity (Wildman–Crippen MR) is 47.0 cm³/mol. The Morgan fingerprint density at radius 3 is 2.08 bits per heavy atom. The Balaban J connectivity index is 4.25. The van der Waals surface area contributed by atoms with Gasteiger partial charge in [0.25, 0.3) is 0 Å². The summed E-state index contributed by atoms with van der Waals surface area (Å²) >= 11 is 0. The third-order valence-corrected chi connectivity index (χ3v) is 2.62. The topological polar surface area (TPSA) is 57.5 Å². The van der Waals surface area contributed by atoms with Crippen LogP contribution in [-0.4, -0.2) is 22.8 Å². The average molecular weight is 174 g/mol. The summed E-state index contributed by atoms with van der Waals surface area (Å²) in [6.07, 6.45) is 2.43. The molecule has 12 heavy (non-hydrogen) atoms. The van der Waals surface area contributed by atoms with Gasteiger partial charge in [0.05, 0.1) is 5.41 Å². The fraction of sp³-hybridized carbons (Fsp3) is 0.889. The van der Waals surface area contributed by atoms with Gasteiger partial charge >= 0.3 is 5.97 Å². The molecule has 0 spiro atoms. The Bertz CT molecular complexity index is 139. The number of hydrogen-bond donors (Lipinski definition) is 2. The Morgan fingerprint density at radius 2 is 1.83 bits per heavy atom. The van der Waals surface area contributed by atoms with Gasteiger partial charge in [-0.3, -0.25) is 4.79 Å². The van der Waals surface area contributed by atoms with Gasteiger partial charge < -0.3 is 10.2 Å². The first kappa shape index (κ1) is 11.4. The van der Waals surface area contributed by atoms with Crippen LogP contribution < -0.4 is 0 Å². The third kappa shape index (κ3) is 2.48. The molecule has 0 aromatic rings. The molecule has 0 bridgehead atoms. The number of carboxylic acid groups (broad SMARTS) is 1. The van der Waals surface area contributed by atoms with Crippen LogP contribution in [0.15, 0.2) is 0 Å². The minimum atomic E-state index is -0.735. The molecule has 0 saturated heterocycles. The van der Waals surface area contributed by atoms with Gasteiger partial charge in [0.1, 0.15) is 0 Å². The lowest BCUT2D eigenvalue weighted by molar-refractivity contribution is -0.150. The van der Waals surface area contributed by atoms with Crippen LogP contribution in [0.25, 0.3) is 0 Å². The zero-order valence-electron chi connectivity index (χ0n) is 7.84. The summed E-state index contributed by atoms with van der Waals surface area (Å²) in [5.41, 5.74) is -0.608. The molecule has 0 unspecified atom stereocenters. The number of aliphatic carboxylic acids is 1. The Morgan fingerprint density at radius 1 is 1.33 bits per heavy atom. The van der Waals surface area contributed by atoms with E-state index < -0.39 is 11.4 Å².